The molecule has 0 spiro atoms. The summed E-state index contributed by atoms with van der Waals surface area (Å²) in [6.07, 6.45) is -1.04. The van der Waals surface area contributed by atoms with Crippen LogP contribution >= 0.6 is 0 Å². The molecule has 0 aliphatic carbocycles. The maximum Gasteiger partial charge on any atom is 0.420 e. The molecule has 0 radical (unpaired) electrons. The largest absolute Gasteiger partial charge is 0.482 e. The van der Waals surface area contributed by atoms with Gasteiger partial charge in [-0.15, -0.1) is 0 Å². The van der Waals surface area contributed by atoms with Gasteiger partial charge < -0.3 is 19.6 Å². The zero-order valence-electron chi connectivity index (χ0n) is 15.9. The lowest BCUT2D eigenvalue weighted by Crippen LogP contribution is -2.12. The van der Waals surface area contributed by atoms with Gasteiger partial charge in [0.05, 0.1) is 0 Å². The molecule has 0 amide bonds. The van der Waals surface area contributed by atoms with Crippen LogP contribution in [0.1, 0.15) is 30.0 Å². The monoisotopic (exact) mass is 407 g/mol. The van der Waals surface area contributed by atoms with E-state index in [0.717, 1.165) is 35.4 Å². The van der Waals surface area contributed by atoms with E-state index in [1.54, 1.807) is 18.2 Å². The van der Waals surface area contributed by atoms with E-state index in [9.17, 15) is 18.0 Å². The lowest BCUT2D eigenvalue weighted by Gasteiger charge is -2.18. The predicted molar refractivity (Wildman–Crippen MR) is 102 cm³/mol. The van der Waals surface area contributed by atoms with Gasteiger partial charge in [0, 0.05) is 17.1 Å². The maximum atomic E-state index is 13.6. The number of halogens is 3. The highest BCUT2D eigenvalue weighted by Gasteiger charge is 2.36. The smallest absolute Gasteiger partial charge is 0.420 e. The highest BCUT2D eigenvalue weighted by atomic mass is 19.4. The molecule has 0 fully saturated rings. The van der Waals surface area contributed by atoms with Crippen molar-refractivity contribution in [2.24, 2.45) is 0 Å². The van der Waals surface area contributed by atoms with E-state index in [-0.39, 0.29) is 22.8 Å². The fraction of sp³-hybridized carbons (Fsp3) is 0.286. The van der Waals surface area contributed by atoms with Crippen molar-refractivity contribution >= 4 is 16.9 Å². The van der Waals surface area contributed by atoms with Crippen LogP contribution in [0.2, 0.25) is 0 Å². The first-order valence-electron chi connectivity index (χ1n) is 9.03. The lowest BCUT2D eigenvalue weighted by atomic mass is 10.1. The SMILES string of the molecule is CCCc1c[nH]c2ccc(Oc3c(C)cc(OCC(=O)O)cc3C(F)(F)F)cc12. The first-order chi connectivity index (χ1) is 13.7. The fourth-order valence-electron chi connectivity index (χ4n) is 3.13. The standard InChI is InChI=1S/C21H20F3NO4/c1-3-4-13-10-25-18-6-5-14(8-16(13)18)29-20-12(2)7-15(28-11-19(26)27)9-17(20)21(22,23)24/h5-10,25H,3-4,11H2,1-2H3,(H,26,27). The minimum Gasteiger partial charge on any atom is -0.482 e. The minimum atomic E-state index is -4.70. The van der Waals surface area contributed by atoms with E-state index in [0.29, 0.717) is 0 Å². The fourth-order valence-corrected chi connectivity index (χ4v) is 3.13. The maximum absolute atomic E-state index is 13.6. The van der Waals surface area contributed by atoms with Crippen LogP contribution in [0, 0.1) is 6.92 Å². The van der Waals surface area contributed by atoms with Crippen molar-refractivity contribution in [2.45, 2.75) is 32.9 Å². The first-order valence-corrected chi connectivity index (χ1v) is 9.03. The molecule has 0 aliphatic heterocycles. The molecule has 1 aromatic heterocycles. The number of rotatable bonds is 7. The second-order valence-electron chi connectivity index (χ2n) is 6.67. The molecule has 5 nitrogen and oxygen atoms in total. The number of aliphatic carboxylic acids is 1. The Hall–Kier alpha value is -3.16. The van der Waals surface area contributed by atoms with Gasteiger partial charge in [-0.3, -0.25) is 0 Å². The van der Waals surface area contributed by atoms with Crippen molar-refractivity contribution in [1.82, 2.24) is 4.98 Å². The molecular formula is C21H20F3NO4. The Bertz CT molecular complexity index is 1040. The number of fused-ring (bicyclic) bond motifs is 1. The molecule has 154 valence electrons. The van der Waals surface area contributed by atoms with Crippen LogP contribution in [0.3, 0.4) is 0 Å². The van der Waals surface area contributed by atoms with Crippen molar-refractivity contribution < 1.29 is 32.5 Å². The number of H-pyrrole nitrogens is 1. The number of carboxylic acid groups (broad SMARTS) is 1. The van der Waals surface area contributed by atoms with Gasteiger partial charge in [-0.1, -0.05) is 13.3 Å². The molecule has 3 aromatic rings. The third kappa shape index (κ3) is 4.64. The Morgan fingerprint density at radius 1 is 1.17 bits per heavy atom. The normalized spacial score (nSPS) is 11.6. The van der Waals surface area contributed by atoms with E-state index in [4.69, 9.17) is 14.6 Å². The summed E-state index contributed by atoms with van der Waals surface area (Å²) < 4.78 is 51.4. The highest BCUT2D eigenvalue weighted by Crippen LogP contribution is 2.43. The number of aromatic amines is 1. The van der Waals surface area contributed by atoms with Crippen LogP contribution in [-0.4, -0.2) is 22.7 Å². The Balaban J connectivity index is 2.00. The number of carbonyl (C=O) groups is 1. The minimum absolute atomic E-state index is 0.183. The number of benzene rings is 2. The molecule has 0 saturated carbocycles. The molecule has 2 aromatic carbocycles. The predicted octanol–water partition coefficient (Wildman–Crippen LogP) is 5.70. The van der Waals surface area contributed by atoms with Crippen LogP contribution in [-0.2, 0) is 17.4 Å². The van der Waals surface area contributed by atoms with Gasteiger partial charge in [-0.05, 0) is 54.8 Å². The second kappa shape index (κ2) is 8.06. The van der Waals surface area contributed by atoms with Crippen molar-refractivity contribution in [3.8, 4) is 17.2 Å². The van der Waals surface area contributed by atoms with Crippen LogP contribution in [0.25, 0.3) is 10.9 Å². The molecule has 29 heavy (non-hydrogen) atoms. The molecule has 8 heteroatoms. The zero-order chi connectivity index (χ0) is 21.2. The van der Waals surface area contributed by atoms with Crippen molar-refractivity contribution in [1.29, 1.82) is 0 Å². The highest BCUT2D eigenvalue weighted by molar-refractivity contribution is 5.84. The lowest BCUT2D eigenvalue weighted by molar-refractivity contribution is -0.139. The molecule has 0 atom stereocenters. The summed E-state index contributed by atoms with van der Waals surface area (Å²) in [5, 5.41) is 9.58. The summed E-state index contributed by atoms with van der Waals surface area (Å²) in [4.78, 5) is 13.8. The number of carboxylic acids is 1. The number of hydrogen-bond acceptors (Lipinski definition) is 3. The van der Waals surface area contributed by atoms with Crippen LogP contribution in [0.5, 0.6) is 17.2 Å². The van der Waals surface area contributed by atoms with Gasteiger partial charge in [0.1, 0.15) is 22.8 Å². The summed E-state index contributed by atoms with van der Waals surface area (Å²) in [7, 11) is 0. The molecule has 0 saturated heterocycles. The third-order valence-electron chi connectivity index (χ3n) is 4.39. The molecular weight excluding hydrogens is 387 g/mol. The second-order valence-corrected chi connectivity index (χ2v) is 6.67. The summed E-state index contributed by atoms with van der Waals surface area (Å²) in [5.74, 6) is -1.52. The summed E-state index contributed by atoms with van der Waals surface area (Å²) in [6.45, 7) is 2.77. The summed E-state index contributed by atoms with van der Waals surface area (Å²) >= 11 is 0. The molecule has 2 N–H and O–H groups in total. The molecule has 0 aliphatic rings. The third-order valence-corrected chi connectivity index (χ3v) is 4.39. The average molecular weight is 407 g/mol. The van der Waals surface area contributed by atoms with Crippen LogP contribution in [0.15, 0.2) is 36.5 Å². The Morgan fingerprint density at radius 2 is 1.93 bits per heavy atom. The molecule has 0 unspecified atom stereocenters. The van der Waals surface area contributed by atoms with Gasteiger partial charge in [0.2, 0.25) is 0 Å². The Morgan fingerprint density at radius 3 is 2.59 bits per heavy atom. The summed E-state index contributed by atoms with van der Waals surface area (Å²) in [5.41, 5.74) is 1.10. The zero-order valence-corrected chi connectivity index (χ0v) is 15.9. The number of ether oxygens (including phenoxy) is 2. The Kier molecular flexibility index (Phi) is 5.72. The van der Waals surface area contributed by atoms with Crippen LogP contribution < -0.4 is 9.47 Å². The van der Waals surface area contributed by atoms with Gasteiger partial charge in [0.25, 0.3) is 0 Å². The van der Waals surface area contributed by atoms with Gasteiger partial charge >= 0.3 is 12.1 Å². The number of nitrogens with one attached hydrogen (secondary N) is 1. The summed E-state index contributed by atoms with van der Waals surface area (Å²) in [6, 6.07) is 7.15. The quantitative estimate of drug-likeness (QED) is 0.527. The molecule has 1 heterocycles. The van der Waals surface area contributed by atoms with Gasteiger partial charge in [-0.2, -0.15) is 13.2 Å². The number of aryl methyl sites for hydroxylation is 2. The van der Waals surface area contributed by atoms with E-state index < -0.39 is 24.3 Å². The Labute approximate surface area is 165 Å². The van der Waals surface area contributed by atoms with E-state index >= 15 is 0 Å². The topological polar surface area (TPSA) is 71.5 Å². The number of aromatic nitrogens is 1. The van der Waals surface area contributed by atoms with Crippen molar-refractivity contribution in [3.05, 3.63) is 53.2 Å². The van der Waals surface area contributed by atoms with E-state index in [2.05, 4.69) is 4.98 Å². The average Bonchev–Trinajstić information content (AvgIpc) is 3.03. The van der Waals surface area contributed by atoms with E-state index in [1.807, 2.05) is 13.1 Å². The van der Waals surface area contributed by atoms with Crippen LogP contribution in [0.4, 0.5) is 13.2 Å². The first kappa shape index (κ1) is 20.6. The van der Waals surface area contributed by atoms with Crippen molar-refractivity contribution in [3.63, 3.8) is 0 Å². The molecule has 3 rings (SSSR count). The molecule has 0 bridgehead atoms. The van der Waals surface area contributed by atoms with E-state index in [1.165, 1.54) is 13.0 Å². The number of hydrogen-bond donors (Lipinski definition) is 2. The number of alkyl halides is 3. The van der Waals surface area contributed by atoms with Crippen molar-refractivity contribution in [2.75, 3.05) is 6.61 Å². The van der Waals surface area contributed by atoms with Gasteiger partial charge in [0.15, 0.2) is 6.61 Å². The van der Waals surface area contributed by atoms with Gasteiger partial charge in [-0.25, -0.2) is 4.79 Å².